The zero-order valence-corrected chi connectivity index (χ0v) is 15.5. The van der Waals surface area contributed by atoms with Gasteiger partial charge in [-0.05, 0) is 42.5 Å². The lowest BCUT2D eigenvalue weighted by molar-refractivity contribution is -0.122. The number of carbonyl (C=O) groups excluding carboxylic acids is 1. The van der Waals surface area contributed by atoms with Crippen LogP contribution in [0.25, 0.3) is 22.4 Å². The zero-order chi connectivity index (χ0) is 20.7. The molecule has 1 amide bonds. The molecule has 0 radical (unpaired) electrons. The fraction of sp³-hybridized carbons (Fsp3) is 0.100. The third-order valence-corrected chi connectivity index (χ3v) is 4.67. The first-order valence-corrected chi connectivity index (χ1v) is 9.11. The minimum atomic E-state index is -0.440. The Balaban J connectivity index is 1.46. The summed E-state index contributed by atoms with van der Waals surface area (Å²) in [5.41, 5.74) is 1.86. The first kappa shape index (κ1) is 17.9. The molecule has 0 fully saturated rings. The molecule has 0 unspecified atom stereocenters. The van der Waals surface area contributed by atoms with Crippen LogP contribution in [0.2, 0.25) is 0 Å². The van der Waals surface area contributed by atoms with Gasteiger partial charge in [-0.25, -0.2) is 22.8 Å². The van der Waals surface area contributed by atoms with Gasteiger partial charge in [0.25, 0.3) is 0 Å². The Hall–Kier alpha value is -4.21. The van der Waals surface area contributed by atoms with Gasteiger partial charge < -0.3 is 9.73 Å². The number of amides is 1. The second kappa shape index (κ2) is 6.99. The van der Waals surface area contributed by atoms with Crippen molar-refractivity contribution in [3.63, 3.8) is 0 Å². The molecule has 0 bridgehead atoms. The molecule has 5 aromatic rings. The normalized spacial score (nSPS) is 11.4. The molecule has 4 aromatic heterocycles. The summed E-state index contributed by atoms with van der Waals surface area (Å²) in [6.45, 7) is -0.00576. The van der Waals surface area contributed by atoms with Gasteiger partial charge in [0.2, 0.25) is 5.91 Å². The van der Waals surface area contributed by atoms with E-state index in [1.165, 1.54) is 29.0 Å². The quantitative estimate of drug-likeness (QED) is 0.480. The monoisotopic (exact) mass is 406 g/mol. The van der Waals surface area contributed by atoms with Gasteiger partial charge in [-0.2, -0.15) is 5.10 Å². The zero-order valence-electron chi connectivity index (χ0n) is 15.5. The van der Waals surface area contributed by atoms with Crippen LogP contribution in [0.4, 0.5) is 4.39 Å². The fourth-order valence-electron chi connectivity index (χ4n) is 3.19. The molecular weight excluding hydrogens is 391 g/mol. The lowest BCUT2D eigenvalue weighted by Crippen LogP contribution is -2.32. The van der Waals surface area contributed by atoms with Crippen LogP contribution in [0.5, 0.6) is 0 Å². The topological polar surface area (TPSA) is 98.8 Å². The maximum atomic E-state index is 13.2. The summed E-state index contributed by atoms with van der Waals surface area (Å²) in [7, 11) is 0. The Morgan fingerprint density at radius 2 is 1.97 bits per heavy atom. The smallest absolute Gasteiger partial charge is 0.350 e. The van der Waals surface area contributed by atoms with E-state index in [0.717, 1.165) is 10.2 Å². The number of rotatable bonds is 5. The van der Waals surface area contributed by atoms with Gasteiger partial charge in [-0.1, -0.05) is 0 Å². The molecule has 0 aliphatic heterocycles. The van der Waals surface area contributed by atoms with Crippen LogP contribution in [0.3, 0.4) is 0 Å². The molecule has 0 saturated carbocycles. The third kappa shape index (κ3) is 3.13. The van der Waals surface area contributed by atoms with E-state index >= 15 is 0 Å². The van der Waals surface area contributed by atoms with Gasteiger partial charge >= 0.3 is 5.69 Å². The summed E-state index contributed by atoms with van der Waals surface area (Å²) in [6.07, 6.45) is 4.68. The van der Waals surface area contributed by atoms with Crippen molar-refractivity contribution in [1.29, 1.82) is 0 Å². The Bertz CT molecular complexity index is 1410. The number of fused-ring (bicyclic) bond motifs is 3. The number of halogens is 1. The van der Waals surface area contributed by atoms with E-state index in [4.69, 9.17) is 4.42 Å². The molecule has 0 aliphatic carbocycles. The SMILES string of the molecule is O=C(Cn1nc2c3cc(-c4ccc(F)cc4)nn3ccn2c1=O)NCc1ccco1. The minimum absolute atomic E-state index is 0.224. The first-order valence-electron chi connectivity index (χ1n) is 9.11. The maximum absolute atomic E-state index is 13.2. The number of aromatic nitrogens is 5. The van der Waals surface area contributed by atoms with Crippen LogP contribution < -0.4 is 11.0 Å². The van der Waals surface area contributed by atoms with Crippen molar-refractivity contribution in [2.45, 2.75) is 13.1 Å². The molecule has 10 heteroatoms. The molecule has 30 heavy (non-hydrogen) atoms. The molecule has 4 heterocycles. The van der Waals surface area contributed by atoms with Crippen LogP contribution in [-0.2, 0) is 17.9 Å². The number of benzene rings is 1. The van der Waals surface area contributed by atoms with Crippen molar-refractivity contribution < 1.29 is 13.6 Å². The first-order chi connectivity index (χ1) is 14.6. The predicted molar refractivity (Wildman–Crippen MR) is 104 cm³/mol. The largest absolute Gasteiger partial charge is 0.467 e. The van der Waals surface area contributed by atoms with E-state index in [-0.39, 0.29) is 24.8 Å². The second-order valence-corrected chi connectivity index (χ2v) is 6.65. The Morgan fingerprint density at radius 1 is 1.13 bits per heavy atom. The molecule has 0 atom stereocenters. The van der Waals surface area contributed by atoms with E-state index in [9.17, 15) is 14.0 Å². The minimum Gasteiger partial charge on any atom is -0.467 e. The van der Waals surface area contributed by atoms with Gasteiger partial charge in [0.1, 0.15) is 23.6 Å². The molecule has 1 N–H and O–H groups in total. The van der Waals surface area contributed by atoms with Gasteiger partial charge in [-0.15, -0.1) is 5.10 Å². The van der Waals surface area contributed by atoms with Gasteiger partial charge in [0, 0.05) is 18.0 Å². The summed E-state index contributed by atoms with van der Waals surface area (Å²) in [5.74, 6) is -0.0889. The van der Waals surface area contributed by atoms with Crippen molar-refractivity contribution in [2.75, 3.05) is 0 Å². The molecular formula is C20H15FN6O3. The maximum Gasteiger partial charge on any atom is 0.350 e. The van der Waals surface area contributed by atoms with E-state index < -0.39 is 5.69 Å². The molecule has 0 saturated heterocycles. The average Bonchev–Trinajstić information content (AvgIpc) is 3.47. The van der Waals surface area contributed by atoms with E-state index in [1.807, 2.05) is 0 Å². The van der Waals surface area contributed by atoms with E-state index in [2.05, 4.69) is 15.5 Å². The van der Waals surface area contributed by atoms with Gasteiger partial charge in [-0.3, -0.25) is 4.79 Å². The second-order valence-electron chi connectivity index (χ2n) is 6.65. The Morgan fingerprint density at radius 3 is 2.73 bits per heavy atom. The Labute approximate surface area is 168 Å². The van der Waals surface area contributed by atoms with Crippen molar-refractivity contribution in [2.24, 2.45) is 0 Å². The van der Waals surface area contributed by atoms with Crippen molar-refractivity contribution >= 4 is 17.1 Å². The number of nitrogens with zero attached hydrogens (tertiary/aromatic N) is 5. The highest BCUT2D eigenvalue weighted by Gasteiger charge is 2.15. The molecule has 9 nitrogen and oxygen atoms in total. The molecule has 150 valence electrons. The third-order valence-electron chi connectivity index (χ3n) is 4.67. The predicted octanol–water partition coefficient (Wildman–Crippen LogP) is 1.86. The summed E-state index contributed by atoms with van der Waals surface area (Å²) in [5, 5.41) is 11.5. The van der Waals surface area contributed by atoms with Crippen molar-refractivity contribution in [3.8, 4) is 11.3 Å². The number of hydrogen-bond donors (Lipinski definition) is 1. The van der Waals surface area contributed by atoms with Crippen LogP contribution >= 0.6 is 0 Å². The lowest BCUT2D eigenvalue weighted by Gasteiger charge is -2.02. The van der Waals surface area contributed by atoms with Crippen LogP contribution in [0, 0.1) is 5.82 Å². The summed E-state index contributed by atoms with van der Waals surface area (Å²) >= 11 is 0. The van der Waals surface area contributed by atoms with Crippen molar-refractivity contribution in [1.82, 2.24) is 29.1 Å². The lowest BCUT2D eigenvalue weighted by atomic mass is 10.1. The van der Waals surface area contributed by atoms with Crippen LogP contribution in [0.15, 0.2) is 70.3 Å². The summed E-state index contributed by atoms with van der Waals surface area (Å²) in [6, 6.07) is 11.2. The summed E-state index contributed by atoms with van der Waals surface area (Å²) < 4.78 is 22.4. The Kier molecular flexibility index (Phi) is 4.16. The number of carbonyl (C=O) groups is 1. The highest BCUT2D eigenvalue weighted by atomic mass is 19.1. The standard InChI is InChI=1S/C20H15FN6O3/c21-14-5-3-13(4-6-14)16-10-17-19-24-27(20(29)25(19)7-8-26(17)23-16)12-18(28)22-11-15-2-1-9-30-15/h1-10H,11-12H2,(H,22,28). The molecule has 5 rings (SSSR count). The van der Waals surface area contributed by atoms with Gasteiger partial charge in [0.15, 0.2) is 5.65 Å². The van der Waals surface area contributed by atoms with Gasteiger partial charge in [0.05, 0.1) is 18.5 Å². The van der Waals surface area contributed by atoms with Crippen LogP contribution in [-0.4, -0.2) is 29.7 Å². The fourth-order valence-corrected chi connectivity index (χ4v) is 3.19. The molecule has 1 aromatic carbocycles. The number of nitrogens with one attached hydrogen (secondary N) is 1. The van der Waals surface area contributed by atoms with Crippen molar-refractivity contribution in [3.05, 3.63) is 83.2 Å². The highest BCUT2D eigenvalue weighted by Crippen LogP contribution is 2.21. The summed E-state index contributed by atoms with van der Waals surface area (Å²) in [4.78, 5) is 24.9. The highest BCUT2D eigenvalue weighted by molar-refractivity contribution is 5.77. The molecule has 0 aliphatic rings. The van der Waals surface area contributed by atoms with E-state index in [1.54, 1.807) is 41.0 Å². The molecule has 0 spiro atoms. The number of furan rings is 1. The number of hydrogen-bond acceptors (Lipinski definition) is 5. The van der Waals surface area contributed by atoms with Crippen LogP contribution in [0.1, 0.15) is 5.76 Å². The average molecular weight is 406 g/mol. The van der Waals surface area contributed by atoms with E-state index in [0.29, 0.717) is 22.6 Å².